The van der Waals surface area contributed by atoms with E-state index < -0.39 is 6.29 Å². The molecule has 0 bridgehead atoms. The summed E-state index contributed by atoms with van der Waals surface area (Å²) in [5.41, 5.74) is -0.0427. The van der Waals surface area contributed by atoms with E-state index in [9.17, 15) is 0 Å². The lowest BCUT2D eigenvalue weighted by atomic mass is 9.89. The van der Waals surface area contributed by atoms with Crippen molar-refractivity contribution in [1.82, 2.24) is 15.1 Å². The predicted molar refractivity (Wildman–Crippen MR) is 76.4 cm³/mol. The van der Waals surface area contributed by atoms with Crippen molar-refractivity contribution in [2.45, 2.75) is 57.1 Å². The molecule has 0 atom stereocenters. The predicted octanol–water partition coefficient (Wildman–Crippen LogP) is 1.70. The van der Waals surface area contributed by atoms with Gasteiger partial charge in [0.1, 0.15) is 5.54 Å². The Bertz CT molecular complexity index is 565. The third-order valence-electron chi connectivity index (χ3n) is 4.93. The lowest BCUT2D eigenvalue weighted by molar-refractivity contribution is -0.0897. The van der Waals surface area contributed by atoms with Crippen molar-refractivity contribution in [2.75, 3.05) is 13.1 Å². The van der Waals surface area contributed by atoms with Crippen LogP contribution in [-0.4, -0.2) is 34.1 Å². The third-order valence-corrected chi connectivity index (χ3v) is 4.93. The number of hydrogen-bond donors (Lipinski definition) is 1. The quantitative estimate of drug-likeness (QED) is 0.917. The summed E-state index contributed by atoms with van der Waals surface area (Å²) in [6.45, 7) is 9.67. The second-order valence-corrected chi connectivity index (χ2v) is 6.97. The van der Waals surface area contributed by atoms with E-state index in [0.717, 1.165) is 18.7 Å². The molecule has 1 N–H and O–H groups in total. The smallest absolute Gasteiger partial charge is 0.188 e. The van der Waals surface area contributed by atoms with E-state index in [0.29, 0.717) is 6.42 Å². The second-order valence-electron chi connectivity index (χ2n) is 6.97. The summed E-state index contributed by atoms with van der Waals surface area (Å²) < 4.78 is 13.9. The van der Waals surface area contributed by atoms with Crippen LogP contribution in [0.2, 0.25) is 0 Å². The molecule has 0 aliphatic carbocycles. The average Bonchev–Trinajstić information content (AvgIpc) is 2.88. The van der Waals surface area contributed by atoms with Crippen LogP contribution in [0.25, 0.3) is 0 Å². The van der Waals surface area contributed by atoms with E-state index in [-0.39, 0.29) is 16.7 Å². The highest BCUT2D eigenvalue weighted by atomic mass is 16.7. The molecule has 6 heteroatoms. The van der Waals surface area contributed by atoms with Gasteiger partial charge in [0.25, 0.3) is 0 Å². The van der Waals surface area contributed by atoms with Crippen molar-refractivity contribution in [2.24, 2.45) is 0 Å². The van der Waals surface area contributed by atoms with Gasteiger partial charge in [-0.2, -0.15) is 10.4 Å². The Labute approximate surface area is 125 Å². The zero-order valence-electron chi connectivity index (χ0n) is 13.0. The molecule has 0 unspecified atom stereocenters. The highest BCUT2D eigenvalue weighted by molar-refractivity contribution is 5.14. The molecule has 21 heavy (non-hydrogen) atoms. The Kier molecular flexibility index (Phi) is 3.14. The van der Waals surface area contributed by atoms with Gasteiger partial charge in [0, 0.05) is 24.8 Å². The molecule has 0 saturated carbocycles. The van der Waals surface area contributed by atoms with Crippen LogP contribution in [0.3, 0.4) is 0 Å². The molecule has 3 rings (SSSR count). The Balaban J connectivity index is 1.82. The Morgan fingerprint density at radius 3 is 2.43 bits per heavy atom. The van der Waals surface area contributed by atoms with E-state index in [1.165, 1.54) is 0 Å². The summed E-state index contributed by atoms with van der Waals surface area (Å²) in [6, 6.07) is 2.25. The largest absolute Gasteiger partial charge is 0.339 e. The van der Waals surface area contributed by atoms with E-state index in [1.807, 2.05) is 38.6 Å². The molecule has 0 radical (unpaired) electrons. The van der Waals surface area contributed by atoms with Crippen LogP contribution in [0.5, 0.6) is 0 Å². The van der Waals surface area contributed by atoms with Gasteiger partial charge < -0.3 is 14.8 Å². The van der Waals surface area contributed by atoms with Crippen LogP contribution in [-0.2, 0) is 15.0 Å². The number of hydrogen-bond acceptors (Lipinski definition) is 5. The minimum Gasteiger partial charge on any atom is -0.339 e. The van der Waals surface area contributed by atoms with E-state index in [2.05, 4.69) is 16.5 Å². The first-order valence-electron chi connectivity index (χ1n) is 7.28. The first kappa shape index (κ1) is 14.5. The molecule has 2 aliphatic heterocycles. The van der Waals surface area contributed by atoms with Crippen molar-refractivity contribution in [1.29, 1.82) is 5.26 Å². The fourth-order valence-electron chi connectivity index (χ4n) is 2.63. The van der Waals surface area contributed by atoms with Gasteiger partial charge in [0.05, 0.1) is 29.9 Å². The Morgan fingerprint density at radius 2 is 1.95 bits per heavy atom. The molecule has 0 aromatic carbocycles. The number of ether oxygens (including phenoxy) is 2. The number of nitrogens with zero attached hydrogens (tertiary/aromatic N) is 3. The summed E-state index contributed by atoms with van der Waals surface area (Å²) in [7, 11) is 0. The van der Waals surface area contributed by atoms with Gasteiger partial charge in [0.15, 0.2) is 6.29 Å². The van der Waals surface area contributed by atoms with Crippen LogP contribution in [0.15, 0.2) is 12.4 Å². The molecule has 0 amide bonds. The van der Waals surface area contributed by atoms with Gasteiger partial charge in [-0.1, -0.05) is 0 Å². The van der Waals surface area contributed by atoms with Gasteiger partial charge in [-0.3, -0.25) is 4.68 Å². The molecular weight excluding hydrogens is 268 g/mol. The monoisotopic (exact) mass is 290 g/mol. The second kappa shape index (κ2) is 4.54. The Morgan fingerprint density at radius 1 is 1.33 bits per heavy atom. The molecule has 1 aromatic heterocycles. The molecular formula is C15H22N4O2. The maximum absolute atomic E-state index is 9.02. The summed E-state index contributed by atoms with van der Waals surface area (Å²) in [5, 5.41) is 16.7. The lowest BCUT2D eigenvalue weighted by Gasteiger charge is -2.41. The number of nitrogens with one attached hydrogen (secondary N) is 1. The first-order valence-corrected chi connectivity index (χ1v) is 7.28. The number of nitriles is 1. The van der Waals surface area contributed by atoms with E-state index in [4.69, 9.17) is 14.7 Å². The summed E-state index contributed by atoms with van der Waals surface area (Å²) in [5.74, 6) is 0. The van der Waals surface area contributed by atoms with Crippen LogP contribution >= 0.6 is 0 Å². The SMILES string of the molecule is CC1(C)OC(c2cnn(C3(CC#N)CNC3)c2)OC1(C)C. The topological polar surface area (TPSA) is 72.1 Å². The lowest BCUT2D eigenvalue weighted by Crippen LogP contribution is -2.60. The van der Waals surface area contributed by atoms with E-state index >= 15 is 0 Å². The summed E-state index contributed by atoms with van der Waals surface area (Å²) >= 11 is 0. The van der Waals surface area contributed by atoms with Crippen LogP contribution < -0.4 is 5.32 Å². The first-order chi connectivity index (χ1) is 9.80. The molecule has 2 saturated heterocycles. The third kappa shape index (κ3) is 2.16. The normalized spacial score (nSPS) is 26.2. The van der Waals surface area contributed by atoms with Crippen LogP contribution in [0.1, 0.15) is 46.0 Å². The van der Waals surface area contributed by atoms with Gasteiger partial charge in [-0.25, -0.2) is 0 Å². The van der Waals surface area contributed by atoms with Crippen molar-refractivity contribution < 1.29 is 9.47 Å². The standard InChI is InChI=1S/C15H22N4O2/c1-13(2)14(3,4)21-12(20-13)11-7-18-19(8-11)15(5-6-16)9-17-10-15/h7-8,12,17H,5,9-10H2,1-4H3. The fraction of sp³-hybridized carbons (Fsp3) is 0.733. The molecule has 114 valence electrons. The summed E-state index contributed by atoms with van der Waals surface area (Å²) in [4.78, 5) is 0. The fourth-order valence-corrected chi connectivity index (χ4v) is 2.63. The molecule has 0 spiro atoms. The molecule has 6 nitrogen and oxygen atoms in total. The van der Waals surface area contributed by atoms with Crippen molar-refractivity contribution in [3.63, 3.8) is 0 Å². The molecule has 1 aromatic rings. The van der Waals surface area contributed by atoms with E-state index in [1.54, 1.807) is 6.20 Å². The number of aromatic nitrogens is 2. The van der Waals surface area contributed by atoms with Crippen molar-refractivity contribution in [3.8, 4) is 6.07 Å². The maximum atomic E-state index is 9.02. The maximum Gasteiger partial charge on any atom is 0.188 e. The average molecular weight is 290 g/mol. The Hall–Kier alpha value is -1.42. The van der Waals surface area contributed by atoms with Gasteiger partial charge in [0.2, 0.25) is 0 Å². The zero-order chi connectivity index (χ0) is 15.3. The highest BCUT2D eigenvalue weighted by Crippen LogP contribution is 2.44. The van der Waals surface area contributed by atoms with Gasteiger partial charge in [-0.05, 0) is 27.7 Å². The van der Waals surface area contributed by atoms with Crippen molar-refractivity contribution in [3.05, 3.63) is 18.0 Å². The molecule has 2 fully saturated rings. The van der Waals surface area contributed by atoms with Gasteiger partial charge >= 0.3 is 0 Å². The van der Waals surface area contributed by atoms with Crippen LogP contribution in [0, 0.1) is 11.3 Å². The molecule has 3 heterocycles. The number of rotatable bonds is 3. The minimum absolute atomic E-state index is 0.226. The molecule has 2 aliphatic rings. The van der Waals surface area contributed by atoms with Crippen molar-refractivity contribution >= 4 is 0 Å². The highest BCUT2D eigenvalue weighted by Gasteiger charge is 2.50. The zero-order valence-corrected chi connectivity index (χ0v) is 13.0. The van der Waals surface area contributed by atoms with Gasteiger partial charge in [-0.15, -0.1) is 0 Å². The minimum atomic E-state index is -0.407. The summed E-state index contributed by atoms with van der Waals surface area (Å²) in [6.07, 6.45) is 3.76. The van der Waals surface area contributed by atoms with Crippen LogP contribution in [0.4, 0.5) is 0 Å².